The summed E-state index contributed by atoms with van der Waals surface area (Å²) in [6.45, 7) is 5.91. The van der Waals surface area contributed by atoms with Gasteiger partial charge in [0.25, 0.3) is 0 Å². The van der Waals surface area contributed by atoms with Crippen LogP contribution in [0.1, 0.15) is 20.3 Å². The molecule has 3 aliphatic rings. The van der Waals surface area contributed by atoms with Crippen molar-refractivity contribution in [3.8, 4) is 6.07 Å². The Bertz CT molecular complexity index is 664. The molecule has 0 aromatic rings. The van der Waals surface area contributed by atoms with E-state index in [1.807, 2.05) is 23.3 Å². The Morgan fingerprint density at radius 2 is 2.28 bits per heavy atom. The van der Waals surface area contributed by atoms with Crippen molar-refractivity contribution in [2.45, 2.75) is 32.4 Å². The van der Waals surface area contributed by atoms with Crippen molar-refractivity contribution < 1.29 is 18.3 Å². The summed E-state index contributed by atoms with van der Waals surface area (Å²) >= 11 is 3.84. The minimum absolute atomic E-state index is 0.0221. The maximum atomic E-state index is 12.6. The van der Waals surface area contributed by atoms with E-state index in [-0.39, 0.29) is 35.8 Å². The third kappa shape index (κ3) is 2.97. The van der Waals surface area contributed by atoms with Gasteiger partial charge in [-0.05, 0) is 38.4 Å². The third-order valence-electron chi connectivity index (χ3n) is 5.62. The second-order valence-electron chi connectivity index (χ2n) is 6.95. The molecule has 0 aliphatic carbocycles. The average molecular weight is 383 g/mol. The highest BCUT2D eigenvalue weighted by Crippen LogP contribution is 2.48. The minimum atomic E-state index is -0.517. The topological polar surface area (TPSA) is 82.9 Å². The van der Waals surface area contributed by atoms with Gasteiger partial charge >= 0.3 is 5.97 Å². The summed E-state index contributed by atoms with van der Waals surface area (Å²) in [6, 6.07) is 2.19. The first kappa shape index (κ1) is 18.7. The van der Waals surface area contributed by atoms with E-state index < -0.39 is 5.97 Å². The number of fused-ring (bicyclic) bond motifs is 1. The van der Waals surface area contributed by atoms with Crippen molar-refractivity contribution in [1.29, 1.82) is 5.26 Å². The van der Waals surface area contributed by atoms with Gasteiger partial charge in [0.1, 0.15) is 5.70 Å². The van der Waals surface area contributed by atoms with Gasteiger partial charge in [0.2, 0.25) is 5.91 Å². The van der Waals surface area contributed by atoms with Crippen molar-refractivity contribution in [3.63, 3.8) is 0 Å². The summed E-state index contributed by atoms with van der Waals surface area (Å²) in [5, 5.41) is 9.09. The number of hydrogen-bond acceptors (Lipinski definition) is 7. The maximum Gasteiger partial charge on any atom is 0.357 e. The van der Waals surface area contributed by atoms with Crippen LogP contribution in [0.4, 0.5) is 0 Å². The molecule has 3 aliphatic heterocycles. The standard InChI is InChI=1S/C16H22N3O4PS/c1-8-11(7-18-4-3-10(5-17)6-18)14(16(21)22-24)19-13(8)12(15(19)20)9(2)23-25/h8-10,12-13,25H,3-4,6-7,24H2,1-2H3/t8-,9+,10+,12?,13+/m0/s1. The zero-order valence-electron chi connectivity index (χ0n) is 14.2. The number of β-lactam (4-membered cyclic amide) rings is 1. The SMILES string of the molecule is C[C@@H](OS)C1C(=O)N2C(C(=O)OP)=C(CN3CC[C@H](C#N)C3)[C@H](C)[C@H]12. The molecule has 3 heterocycles. The second kappa shape index (κ2) is 7.24. The first-order valence-electron chi connectivity index (χ1n) is 8.33. The molecule has 0 aromatic carbocycles. The molecule has 7 nitrogen and oxygen atoms in total. The highest BCUT2D eigenvalue weighted by molar-refractivity contribution is 7.75. The number of amides is 1. The summed E-state index contributed by atoms with van der Waals surface area (Å²) in [5.41, 5.74) is 1.25. The fourth-order valence-corrected chi connectivity index (χ4v) is 4.52. The number of nitrogens with zero attached hydrogens (tertiary/aromatic N) is 3. The smallest absolute Gasteiger partial charge is 0.357 e. The first-order chi connectivity index (χ1) is 11.9. The molecule has 0 aromatic heterocycles. The Morgan fingerprint density at radius 3 is 2.84 bits per heavy atom. The number of carbonyl (C=O) groups is 2. The van der Waals surface area contributed by atoms with Gasteiger partial charge in [0.05, 0.1) is 39.5 Å². The zero-order chi connectivity index (χ0) is 18.3. The summed E-state index contributed by atoms with van der Waals surface area (Å²) in [4.78, 5) is 28.7. The molecule has 136 valence electrons. The molecular formula is C16H22N3O4PS. The number of nitriles is 1. The Balaban J connectivity index is 1.87. The molecule has 6 atom stereocenters. The molecule has 9 heteroatoms. The lowest BCUT2D eigenvalue weighted by Crippen LogP contribution is -2.63. The molecule has 2 unspecified atom stereocenters. The van der Waals surface area contributed by atoms with Crippen LogP contribution in [0.3, 0.4) is 0 Å². The second-order valence-corrected chi connectivity index (χ2v) is 7.40. The fourth-order valence-electron chi connectivity index (χ4n) is 4.27. The lowest BCUT2D eigenvalue weighted by Gasteiger charge is -2.47. The van der Waals surface area contributed by atoms with Crippen LogP contribution >= 0.6 is 22.4 Å². The van der Waals surface area contributed by atoms with Gasteiger partial charge in [-0.1, -0.05) is 6.92 Å². The number of carbonyl (C=O) groups excluding carboxylic acids is 2. The number of likely N-dealkylation sites (tertiary alicyclic amines) is 1. The third-order valence-corrected chi connectivity index (χ3v) is 6.16. The Hall–Kier alpha value is -1.13. The molecule has 0 bridgehead atoms. The van der Waals surface area contributed by atoms with Crippen LogP contribution < -0.4 is 0 Å². The molecule has 0 N–H and O–H groups in total. The van der Waals surface area contributed by atoms with Crippen LogP contribution in [0.5, 0.6) is 0 Å². The lowest BCUT2D eigenvalue weighted by molar-refractivity contribution is -0.160. The quantitative estimate of drug-likeness (QED) is 0.332. The number of thiol groups is 1. The van der Waals surface area contributed by atoms with E-state index in [2.05, 4.69) is 23.9 Å². The molecule has 0 spiro atoms. The summed E-state index contributed by atoms with van der Waals surface area (Å²) in [6.07, 6.45) is 0.503. The van der Waals surface area contributed by atoms with Gasteiger partial charge in [-0.3, -0.25) is 9.69 Å². The summed E-state index contributed by atoms with van der Waals surface area (Å²) in [5.74, 6) is -0.915. The van der Waals surface area contributed by atoms with Crippen molar-refractivity contribution in [2.75, 3.05) is 19.6 Å². The Morgan fingerprint density at radius 1 is 1.56 bits per heavy atom. The lowest BCUT2D eigenvalue weighted by atomic mass is 9.77. The molecule has 2 saturated heterocycles. The molecule has 1 amide bonds. The average Bonchev–Trinajstić information content (AvgIpc) is 3.16. The monoisotopic (exact) mass is 383 g/mol. The predicted octanol–water partition coefficient (Wildman–Crippen LogP) is 1.15. The number of rotatable bonds is 5. The Labute approximate surface area is 155 Å². The van der Waals surface area contributed by atoms with E-state index in [1.54, 1.807) is 4.90 Å². The summed E-state index contributed by atoms with van der Waals surface area (Å²) < 4.78 is 9.91. The molecule has 0 radical (unpaired) electrons. The highest BCUT2D eigenvalue weighted by Gasteiger charge is 2.60. The normalized spacial score (nSPS) is 33.1. The summed E-state index contributed by atoms with van der Waals surface area (Å²) in [7, 11) is 1.95. The van der Waals surface area contributed by atoms with E-state index in [4.69, 9.17) is 14.0 Å². The van der Waals surface area contributed by atoms with Gasteiger partial charge in [-0.15, -0.1) is 0 Å². The van der Waals surface area contributed by atoms with Crippen LogP contribution in [0.15, 0.2) is 11.3 Å². The predicted molar refractivity (Wildman–Crippen MR) is 95.8 cm³/mol. The van der Waals surface area contributed by atoms with E-state index in [9.17, 15) is 9.59 Å². The van der Waals surface area contributed by atoms with Crippen LogP contribution in [-0.4, -0.2) is 53.5 Å². The molecule has 3 rings (SSSR count). The zero-order valence-corrected chi connectivity index (χ0v) is 16.3. The molecule has 2 fully saturated rings. The molecule has 0 saturated carbocycles. The minimum Gasteiger partial charge on any atom is -0.447 e. The van der Waals surface area contributed by atoms with E-state index in [0.29, 0.717) is 18.8 Å². The van der Waals surface area contributed by atoms with Crippen molar-refractivity contribution in [2.24, 2.45) is 17.8 Å². The van der Waals surface area contributed by atoms with E-state index in [1.165, 1.54) is 0 Å². The van der Waals surface area contributed by atoms with Crippen LogP contribution in [0.25, 0.3) is 0 Å². The molecule has 25 heavy (non-hydrogen) atoms. The first-order valence-corrected chi connectivity index (χ1v) is 9.17. The van der Waals surface area contributed by atoms with Crippen LogP contribution in [-0.2, 0) is 18.3 Å². The van der Waals surface area contributed by atoms with Gasteiger partial charge in [0.15, 0.2) is 0 Å². The molecular weight excluding hydrogens is 361 g/mol. The van der Waals surface area contributed by atoms with Crippen LogP contribution in [0.2, 0.25) is 0 Å². The van der Waals surface area contributed by atoms with Gasteiger partial charge in [-0.2, -0.15) is 5.26 Å². The van der Waals surface area contributed by atoms with Crippen molar-refractivity contribution >= 4 is 34.3 Å². The highest BCUT2D eigenvalue weighted by atomic mass is 32.1. The maximum absolute atomic E-state index is 12.6. The van der Waals surface area contributed by atoms with Crippen LogP contribution in [0, 0.1) is 29.1 Å². The number of hydrogen-bond donors (Lipinski definition) is 1. The Kier molecular flexibility index (Phi) is 5.40. The van der Waals surface area contributed by atoms with E-state index in [0.717, 1.165) is 18.5 Å². The fraction of sp³-hybridized carbons (Fsp3) is 0.688. The van der Waals surface area contributed by atoms with Gasteiger partial charge < -0.3 is 13.6 Å². The largest absolute Gasteiger partial charge is 0.447 e. The van der Waals surface area contributed by atoms with E-state index >= 15 is 0 Å². The van der Waals surface area contributed by atoms with Crippen molar-refractivity contribution in [1.82, 2.24) is 9.80 Å². The van der Waals surface area contributed by atoms with Crippen molar-refractivity contribution in [3.05, 3.63) is 11.3 Å². The van der Waals surface area contributed by atoms with Gasteiger partial charge in [0, 0.05) is 19.0 Å². The van der Waals surface area contributed by atoms with Gasteiger partial charge in [-0.25, -0.2) is 4.79 Å².